The van der Waals surface area contributed by atoms with Crippen LogP contribution in [0.25, 0.3) is 0 Å². The Hall–Kier alpha value is -0.0800. The minimum atomic E-state index is 0.351. The Bertz CT molecular complexity index is 89.6. The fraction of sp³-hybridized carbons (Fsp3) is 1.00. The molecule has 0 amide bonds. The summed E-state index contributed by atoms with van der Waals surface area (Å²) < 4.78 is 0. The van der Waals surface area contributed by atoms with E-state index < -0.39 is 0 Å². The maximum atomic E-state index is 5.68. The van der Waals surface area contributed by atoms with Crippen LogP contribution in [0.4, 0.5) is 0 Å². The fourth-order valence-electron chi connectivity index (χ4n) is 1.28. The van der Waals surface area contributed by atoms with E-state index in [1.165, 1.54) is 12.8 Å². The lowest BCUT2D eigenvalue weighted by Crippen LogP contribution is -2.29. The van der Waals surface area contributed by atoms with Crippen molar-refractivity contribution < 1.29 is 0 Å². The predicted octanol–water partition coefficient (Wildman–Crippen LogP) is 1.45. The summed E-state index contributed by atoms with van der Waals surface area (Å²) in [4.78, 5) is 2.28. The molecule has 0 aromatic rings. The molecule has 0 heterocycles. The van der Waals surface area contributed by atoms with Gasteiger partial charge in [0.15, 0.2) is 0 Å². The van der Waals surface area contributed by atoms with Crippen molar-refractivity contribution in [2.24, 2.45) is 5.73 Å². The number of nitrogens with two attached hydrogens (primary N) is 1. The third kappa shape index (κ3) is 5.22. The van der Waals surface area contributed by atoms with Gasteiger partial charge in [-0.3, -0.25) is 0 Å². The summed E-state index contributed by atoms with van der Waals surface area (Å²) in [7, 11) is 4.27. The van der Waals surface area contributed by atoms with Gasteiger partial charge < -0.3 is 10.6 Å². The first kappa shape index (κ1) is 10.9. The first-order chi connectivity index (χ1) is 5.07. The molecule has 0 rings (SSSR count). The zero-order valence-electron chi connectivity index (χ0n) is 8.30. The number of rotatable bonds is 5. The van der Waals surface area contributed by atoms with Crippen molar-refractivity contribution in [1.29, 1.82) is 0 Å². The zero-order valence-corrected chi connectivity index (χ0v) is 8.30. The van der Waals surface area contributed by atoms with Crippen molar-refractivity contribution in [1.82, 2.24) is 4.90 Å². The van der Waals surface area contributed by atoms with Gasteiger partial charge in [0.25, 0.3) is 0 Å². The molecule has 0 spiro atoms. The van der Waals surface area contributed by atoms with Gasteiger partial charge in [0, 0.05) is 12.1 Å². The minimum Gasteiger partial charge on any atom is -0.328 e. The Labute approximate surface area is 70.8 Å². The molecule has 0 aliphatic rings. The van der Waals surface area contributed by atoms with Gasteiger partial charge in [0.05, 0.1) is 0 Å². The monoisotopic (exact) mass is 158 g/mol. The van der Waals surface area contributed by atoms with Gasteiger partial charge in [-0.1, -0.05) is 6.92 Å². The Balaban J connectivity index is 3.52. The van der Waals surface area contributed by atoms with Crippen LogP contribution in [0.15, 0.2) is 0 Å². The molecule has 2 atom stereocenters. The summed E-state index contributed by atoms with van der Waals surface area (Å²) >= 11 is 0. The molecule has 0 saturated heterocycles. The average molecular weight is 158 g/mol. The van der Waals surface area contributed by atoms with Crippen LogP contribution in [0.5, 0.6) is 0 Å². The number of hydrogen-bond acceptors (Lipinski definition) is 2. The molecule has 68 valence electrons. The van der Waals surface area contributed by atoms with Crippen LogP contribution in [-0.2, 0) is 0 Å². The Morgan fingerprint density at radius 2 is 1.82 bits per heavy atom. The Morgan fingerprint density at radius 1 is 1.27 bits per heavy atom. The second kappa shape index (κ2) is 5.56. The normalized spacial score (nSPS) is 16.9. The van der Waals surface area contributed by atoms with E-state index in [1.54, 1.807) is 0 Å². The van der Waals surface area contributed by atoms with E-state index in [0.717, 1.165) is 6.42 Å². The molecule has 0 aliphatic carbocycles. The Kier molecular flexibility index (Phi) is 5.51. The average Bonchev–Trinajstić information content (AvgIpc) is 1.87. The minimum absolute atomic E-state index is 0.351. The SMILES string of the molecule is CCC(CCC(C)N)N(C)C. The van der Waals surface area contributed by atoms with E-state index in [2.05, 4.69) is 32.8 Å². The van der Waals surface area contributed by atoms with E-state index in [1.807, 2.05) is 0 Å². The predicted molar refractivity (Wildman–Crippen MR) is 50.6 cm³/mol. The molecule has 11 heavy (non-hydrogen) atoms. The van der Waals surface area contributed by atoms with Crippen molar-refractivity contribution >= 4 is 0 Å². The highest BCUT2D eigenvalue weighted by Crippen LogP contribution is 2.08. The summed E-state index contributed by atoms with van der Waals surface area (Å²) in [5, 5.41) is 0. The van der Waals surface area contributed by atoms with Crippen molar-refractivity contribution in [2.75, 3.05) is 14.1 Å². The smallest absolute Gasteiger partial charge is 0.00871 e. The molecule has 0 aromatic heterocycles. The highest BCUT2D eigenvalue weighted by Gasteiger charge is 2.08. The highest BCUT2D eigenvalue weighted by atomic mass is 15.1. The summed E-state index contributed by atoms with van der Waals surface area (Å²) in [6.45, 7) is 4.30. The molecular weight excluding hydrogens is 136 g/mol. The summed E-state index contributed by atoms with van der Waals surface area (Å²) in [5.74, 6) is 0. The van der Waals surface area contributed by atoms with Gasteiger partial charge in [-0.15, -0.1) is 0 Å². The van der Waals surface area contributed by atoms with E-state index in [-0.39, 0.29) is 0 Å². The summed E-state index contributed by atoms with van der Waals surface area (Å²) in [6, 6.07) is 1.06. The third-order valence-corrected chi connectivity index (χ3v) is 2.16. The first-order valence-corrected chi connectivity index (χ1v) is 4.50. The van der Waals surface area contributed by atoms with Crippen LogP contribution in [-0.4, -0.2) is 31.1 Å². The lowest BCUT2D eigenvalue weighted by Gasteiger charge is -2.23. The second-order valence-electron chi connectivity index (χ2n) is 3.58. The Morgan fingerprint density at radius 3 is 2.09 bits per heavy atom. The van der Waals surface area contributed by atoms with Crippen LogP contribution >= 0.6 is 0 Å². The first-order valence-electron chi connectivity index (χ1n) is 4.50. The number of nitrogens with zero attached hydrogens (tertiary/aromatic N) is 1. The summed E-state index contributed by atoms with van der Waals surface area (Å²) in [6.07, 6.45) is 3.58. The van der Waals surface area contributed by atoms with Gasteiger partial charge in [0.2, 0.25) is 0 Å². The second-order valence-corrected chi connectivity index (χ2v) is 3.58. The van der Waals surface area contributed by atoms with Crippen LogP contribution in [0.1, 0.15) is 33.1 Å². The van der Waals surface area contributed by atoms with Crippen molar-refractivity contribution in [3.63, 3.8) is 0 Å². The molecule has 2 nitrogen and oxygen atoms in total. The molecule has 0 aliphatic heterocycles. The molecule has 2 heteroatoms. The molecular formula is C9H22N2. The van der Waals surface area contributed by atoms with E-state index in [9.17, 15) is 0 Å². The van der Waals surface area contributed by atoms with Gasteiger partial charge in [-0.2, -0.15) is 0 Å². The topological polar surface area (TPSA) is 29.3 Å². The fourth-order valence-corrected chi connectivity index (χ4v) is 1.28. The van der Waals surface area contributed by atoms with Gasteiger partial charge in [-0.25, -0.2) is 0 Å². The molecule has 0 bridgehead atoms. The lowest BCUT2D eigenvalue weighted by molar-refractivity contribution is 0.263. The van der Waals surface area contributed by atoms with Crippen molar-refractivity contribution in [3.8, 4) is 0 Å². The maximum Gasteiger partial charge on any atom is 0.00871 e. The van der Waals surface area contributed by atoms with Crippen molar-refractivity contribution in [2.45, 2.75) is 45.2 Å². The zero-order chi connectivity index (χ0) is 8.85. The molecule has 0 saturated carbocycles. The molecule has 0 radical (unpaired) electrons. The molecule has 0 aromatic carbocycles. The standard InChI is InChI=1S/C9H22N2/c1-5-9(11(3)4)7-6-8(2)10/h8-9H,5-7,10H2,1-4H3. The number of hydrogen-bond donors (Lipinski definition) is 1. The molecule has 0 fully saturated rings. The lowest BCUT2D eigenvalue weighted by atomic mass is 10.1. The van der Waals surface area contributed by atoms with Crippen LogP contribution in [0.2, 0.25) is 0 Å². The van der Waals surface area contributed by atoms with Gasteiger partial charge in [0.1, 0.15) is 0 Å². The highest BCUT2D eigenvalue weighted by molar-refractivity contribution is 4.66. The van der Waals surface area contributed by atoms with Gasteiger partial charge in [-0.05, 0) is 40.3 Å². The third-order valence-electron chi connectivity index (χ3n) is 2.16. The van der Waals surface area contributed by atoms with Crippen molar-refractivity contribution in [3.05, 3.63) is 0 Å². The van der Waals surface area contributed by atoms with E-state index >= 15 is 0 Å². The summed E-state index contributed by atoms with van der Waals surface area (Å²) in [5.41, 5.74) is 5.68. The van der Waals surface area contributed by atoms with Crippen LogP contribution < -0.4 is 5.73 Å². The largest absolute Gasteiger partial charge is 0.328 e. The van der Waals surface area contributed by atoms with Crippen LogP contribution in [0.3, 0.4) is 0 Å². The van der Waals surface area contributed by atoms with E-state index in [0.29, 0.717) is 12.1 Å². The van der Waals surface area contributed by atoms with Crippen LogP contribution in [0, 0.1) is 0 Å². The quantitative estimate of drug-likeness (QED) is 0.656. The van der Waals surface area contributed by atoms with E-state index in [4.69, 9.17) is 5.73 Å². The van der Waals surface area contributed by atoms with Gasteiger partial charge >= 0.3 is 0 Å². The molecule has 2 N–H and O–H groups in total. The molecule has 2 unspecified atom stereocenters. The maximum absolute atomic E-state index is 5.68.